The van der Waals surface area contributed by atoms with Crippen LogP contribution in [0.15, 0.2) is 156 Å². The third kappa shape index (κ3) is 18.1. The summed E-state index contributed by atoms with van der Waals surface area (Å²) in [6.45, 7) is 5.99. The quantitative estimate of drug-likeness (QED) is 0.0357. The molecule has 0 N–H and O–H groups in total. The maximum atomic E-state index is 6.92. The summed E-state index contributed by atoms with van der Waals surface area (Å²) in [6.07, 6.45) is 43.6. The summed E-state index contributed by atoms with van der Waals surface area (Å²) in [6, 6.07) is 22.7. The molecule has 0 atom stereocenters. The Balaban J connectivity index is 1.03. The van der Waals surface area contributed by atoms with E-state index in [-0.39, 0.29) is 0 Å². The van der Waals surface area contributed by atoms with Gasteiger partial charge in [-0.25, -0.2) is 0 Å². The van der Waals surface area contributed by atoms with Crippen molar-refractivity contribution in [1.29, 1.82) is 0 Å². The minimum Gasteiger partial charge on any atom is -0.493 e. The summed E-state index contributed by atoms with van der Waals surface area (Å²) < 4.78 is 19.4. The van der Waals surface area contributed by atoms with E-state index < -0.39 is 0 Å². The lowest BCUT2D eigenvalue weighted by Crippen LogP contribution is -2.03. The monoisotopic (exact) mass is 1130 g/mol. The van der Waals surface area contributed by atoms with Gasteiger partial charge in [0.1, 0.15) is 11.5 Å². The van der Waals surface area contributed by atoms with Crippen molar-refractivity contribution in [2.24, 2.45) is 0 Å². The highest BCUT2D eigenvalue weighted by Gasteiger charge is 2.21. The number of benzene rings is 4. The average molecular weight is 1130 g/mol. The molecule has 8 rings (SSSR count). The second kappa shape index (κ2) is 32.8. The van der Waals surface area contributed by atoms with Crippen molar-refractivity contribution in [2.45, 2.75) is 142 Å². The molecule has 4 aromatic rings. The Morgan fingerprint density at radius 3 is 1.12 bits per heavy atom. The van der Waals surface area contributed by atoms with Gasteiger partial charge in [-0.15, -0.1) is 0 Å². The average Bonchev–Trinajstić information content (AvgIpc) is 4.30. The van der Waals surface area contributed by atoms with Crippen molar-refractivity contribution in [3.05, 3.63) is 167 Å². The Morgan fingerprint density at radius 2 is 0.730 bits per heavy atom. The predicted molar refractivity (Wildman–Crippen MR) is 347 cm³/mol. The third-order valence-electron chi connectivity index (χ3n) is 13.2. The molecule has 0 bridgehead atoms. The molecule has 0 amide bonds. The summed E-state index contributed by atoms with van der Waals surface area (Å²) in [5, 5.41) is 18.0. The molecular weight excluding hydrogens is 1060 g/mol. The number of hydrogen-bond donors (Lipinski definition) is 0. The highest BCUT2D eigenvalue weighted by atomic mass is 32.2. The van der Waals surface area contributed by atoms with Gasteiger partial charge in [0, 0.05) is 20.9 Å². The van der Waals surface area contributed by atoms with Crippen molar-refractivity contribution in [1.82, 2.24) is 0 Å². The van der Waals surface area contributed by atoms with Crippen molar-refractivity contribution < 1.29 is 9.47 Å². The van der Waals surface area contributed by atoms with Gasteiger partial charge < -0.3 is 9.47 Å². The fourth-order valence-corrected chi connectivity index (χ4v) is 18.0. The molecule has 390 valence electrons. The Morgan fingerprint density at radius 1 is 0.365 bits per heavy atom. The molecule has 0 radical (unpaired) electrons. The number of fused-ring (bicyclic) bond motifs is 2. The van der Waals surface area contributed by atoms with E-state index in [4.69, 9.17) is 9.47 Å². The highest BCUT2D eigenvalue weighted by Crippen LogP contribution is 2.55. The SMILES string of the molecule is CCCCCCCCCCCCOc1ccc2cc(/C=C/C=C/C3=CSC(=C4SC=CS4)S3)ccc2c1-c1c(OCCCCCCCCCCCC)ccc2cc(/C=C/C=C/C3=CSC(=C4SC=CS4)S3)ccc12. The Labute approximate surface area is 478 Å². The molecule has 0 fully saturated rings. The topological polar surface area (TPSA) is 18.5 Å². The van der Waals surface area contributed by atoms with Gasteiger partial charge in [0.15, 0.2) is 0 Å². The zero-order valence-electron chi connectivity index (χ0n) is 43.5. The van der Waals surface area contributed by atoms with E-state index in [1.54, 1.807) is 0 Å². The molecule has 0 spiro atoms. The smallest absolute Gasteiger partial charge is 0.127 e. The van der Waals surface area contributed by atoms with Gasteiger partial charge >= 0.3 is 0 Å². The third-order valence-corrected chi connectivity index (χ3v) is 23.2. The van der Waals surface area contributed by atoms with Crippen LogP contribution in [0, 0.1) is 0 Å². The van der Waals surface area contributed by atoms with Crippen LogP contribution in [0.4, 0.5) is 0 Å². The van der Waals surface area contributed by atoms with Crippen molar-refractivity contribution in [3.63, 3.8) is 0 Å². The minimum atomic E-state index is 0.701. The van der Waals surface area contributed by atoms with Crippen LogP contribution in [0.1, 0.15) is 153 Å². The number of thioether (sulfide) groups is 8. The molecule has 0 aliphatic carbocycles. The zero-order chi connectivity index (χ0) is 50.8. The number of unbranched alkanes of at least 4 members (excludes halogenated alkanes) is 18. The normalized spacial score (nSPS) is 15.9. The Bertz CT molecular complexity index is 2580. The molecule has 0 aromatic heterocycles. The van der Waals surface area contributed by atoms with Gasteiger partial charge in [-0.3, -0.25) is 0 Å². The minimum absolute atomic E-state index is 0.701. The molecule has 0 saturated heterocycles. The Hall–Kier alpha value is -2.80. The lowest BCUT2D eigenvalue weighted by atomic mass is 9.91. The van der Waals surface area contributed by atoms with Gasteiger partial charge in [-0.05, 0) is 114 Å². The van der Waals surface area contributed by atoms with Crippen LogP contribution >= 0.6 is 94.1 Å². The highest BCUT2D eigenvalue weighted by molar-refractivity contribution is 8.34. The van der Waals surface area contributed by atoms with E-state index in [1.165, 1.54) is 175 Å². The van der Waals surface area contributed by atoms with E-state index in [1.807, 2.05) is 94.1 Å². The Kier molecular flexibility index (Phi) is 25.5. The first-order valence-corrected chi connectivity index (χ1v) is 34.2. The summed E-state index contributed by atoms with van der Waals surface area (Å²) >= 11 is 14.7. The van der Waals surface area contributed by atoms with Gasteiger partial charge in [0.2, 0.25) is 0 Å². The summed E-state index contributed by atoms with van der Waals surface area (Å²) in [4.78, 5) is 2.56. The van der Waals surface area contributed by atoms with Gasteiger partial charge in [0.25, 0.3) is 0 Å². The zero-order valence-corrected chi connectivity index (χ0v) is 50.0. The molecule has 10 heteroatoms. The van der Waals surface area contributed by atoms with E-state index in [0.717, 1.165) is 35.5 Å². The van der Waals surface area contributed by atoms with Crippen molar-refractivity contribution in [3.8, 4) is 22.6 Å². The molecule has 4 heterocycles. The number of allylic oxidation sites excluding steroid dienone is 6. The number of rotatable bonds is 31. The molecule has 4 aliphatic heterocycles. The summed E-state index contributed by atoms with van der Waals surface area (Å²) in [5.41, 5.74) is 4.60. The predicted octanol–water partition coefficient (Wildman–Crippen LogP) is 24.2. The maximum Gasteiger partial charge on any atom is 0.127 e. The molecule has 4 aliphatic rings. The number of hydrogen-bond acceptors (Lipinski definition) is 10. The first-order valence-electron chi connectivity index (χ1n) is 27.3. The molecular formula is C64H74O2S8. The van der Waals surface area contributed by atoms with Crippen molar-refractivity contribution >= 4 is 128 Å². The standard InChI is InChI=1S/C64H74O2S8/c1-3-5-7-9-11-13-15-17-19-25-39-65-57-37-33-51-45-49(27-21-23-29-53-47-71-63(73-53)61-67-41-42-68-61)31-35-55(51)59(57)60-56-36-32-50(28-22-24-30-54-48-72-64(74-54)62-69-43-44-70-62)46-52(56)34-38-58(60)66-40-26-20-18-16-14-12-10-8-6-4-2/h21-24,27-38,41-48H,3-20,25-26,39-40H2,1-2H3/b27-21+,28-22+,29-23+,30-24+. The number of ether oxygens (including phenoxy) is 2. The van der Waals surface area contributed by atoms with E-state index in [2.05, 4.69) is 156 Å². The van der Waals surface area contributed by atoms with Gasteiger partial charge in [0.05, 0.1) is 30.2 Å². The van der Waals surface area contributed by atoms with Crippen LogP contribution < -0.4 is 9.47 Å². The van der Waals surface area contributed by atoms with Gasteiger partial charge in [-0.1, -0.05) is 296 Å². The summed E-state index contributed by atoms with van der Waals surface area (Å²) in [5.74, 6) is 1.87. The van der Waals surface area contributed by atoms with Crippen LogP contribution in [0.5, 0.6) is 11.5 Å². The second-order valence-corrected chi connectivity index (χ2v) is 27.6. The first kappa shape index (κ1) is 57.4. The van der Waals surface area contributed by atoms with Crippen LogP contribution in [-0.2, 0) is 0 Å². The molecule has 4 aromatic carbocycles. The fourth-order valence-electron chi connectivity index (χ4n) is 9.26. The van der Waals surface area contributed by atoms with Gasteiger partial charge in [-0.2, -0.15) is 0 Å². The lowest BCUT2D eigenvalue weighted by Gasteiger charge is -2.20. The van der Waals surface area contributed by atoms with E-state index in [0.29, 0.717) is 13.2 Å². The van der Waals surface area contributed by atoms with Crippen molar-refractivity contribution in [2.75, 3.05) is 13.2 Å². The van der Waals surface area contributed by atoms with E-state index >= 15 is 0 Å². The van der Waals surface area contributed by atoms with Crippen LogP contribution in [-0.4, -0.2) is 13.2 Å². The van der Waals surface area contributed by atoms with Crippen LogP contribution in [0.2, 0.25) is 0 Å². The summed E-state index contributed by atoms with van der Waals surface area (Å²) in [7, 11) is 0. The van der Waals surface area contributed by atoms with Crippen LogP contribution in [0.3, 0.4) is 0 Å². The molecule has 0 unspecified atom stereocenters. The largest absolute Gasteiger partial charge is 0.493 e. The lowest BCUT2D eigenvalue weighted by molar-refractivity contribution is 0.301. The van der Waals surface area contributed by atoms with E-state index in [9.17, 15) is 0 Å². The maximum absolute atomic E-state index is 6.92. The first-order chi connectivity index (χ1) is 36.7. The molecule has 0 saturated carbocycles. The fraction of sp³-hybridized carbons (Fsp3) is 0.375. The van der Waals surface area contributed by atoms with Crippen LogP contribution in [0.25, 0.3) is 44.8 Å². The molecule has 74 heavy (non-hydrogen) atoms. The second-order valence-electron chi connectivity index (χ2n) is 19.0. The molecule has 2 nitrogen and oxygen atoms in total.